The maximum absolute atomic E-state index is 2.26. The molecule has 0 heterocycles. The molecule has 0 radical (unpaired) electrons. The van der Waals surface area contributed by atoms with Crippen LogP contribution in [0.4, 0.5) is 0 Å². The molecule has 0 unspecified atom stereocenters. The fourth-order valence-corrected chi connectivity index (χ4v) is 1.21. The lowest BCUT2D eigenvalue weighted by Crippen LogP contribution is -2.08. The van der Waals surface area contributed by atoms with Crippen LogP contribution in [0.3, 0.4) is 0 Å². The number of hydrogen-bond donors (Lipinski definition) is 0. The normalized spacial score (nSPS) is 10.6. The summed E-state index contributed by atoms with van der Waals surface area (Å²) in [4.78, 5) is 0. The second-order valence-electron chi connectivity index (χ2n) is 4.22. The smallest absolute Gasteiger partial charge is 0.0230 e. The van der Waals surface area contributed by atoms with Gasteiger partial charge in [-0.1, -0.05) is 58.5 Å². The van der Waals surface area contributed by atoms with Gasteiger partial charge in [-0.3, -0.25) is 0 Å². The van der Waals surface area contributed by atoms with E-state index in [4.69, 9.17) is 0 Å². The van der Waals surface area contributed by atoms with E-state index in [9.17, 15) is 0 Å². The van der Waals surface area contributed by atoms with Gasteiger partial charge in [-0.15, -0.1) is 0 Å². The van der Waals surface area contributed by atoms with Gasteiger partial charge in [-0.25, -0.2) is 0 Å². The molecule has 0 bridgehead atoms. The van der Waals surface area contributed by atoms with Gasteiger partial charge < -0.3 is 0 Å². The lowest BCUT2D eigenvalue weighted by Gasteiger charge is -2.17. The van der Waals surface area contributed by atoms with Crippen molar-refractivity contribution in [1.82, 2.24) is 0 Å². The van der Waals surface area contributed by atoms with Crippen LogP contribution in [-0.4, -0.2) is 0 Å². The van der Waals surface area contributed by atoms with E-state index in [1.165, 1.54) is 5.56 Å². The van der Waals surface area contributed by atoms with Crippen LogP contribution in [0.15, 0.2) is 30.3 Å². The van der Waals surface area contributed by atoms with Crippen molar-refractivity contribution in [3.05, 3.63) is 35.9 Å². The third kappa shape index (κ3) is 4.17. The van der Waals surface area contributed by atoms with Crippen LogP contribution in [0.5, 0.6) is 0 Å². The van der Waals surface area contributed by atoms with Crippen LogP contribution in [-0.2, 0) is 6.42 Å². The summed E-state index contributed by atoms with van der Waals surface area (Å²) in [6.45, 7) is 6.79. The molecule has 0 fully saturated rings. The van der Waals surface area contributed by atoms with E-state index in [1.54, 1.807) is 0 Å². The lowest BCUT2D eigenvalue weighted by molar-refractivity contribution is 0.411. The first-order chi connectivity index (χ1) is 5.08. The van der Waals surface area contributed by atoms with E-state index in [2.05, 4.69) is 51.1 Å². The highest BCUT2D eigenvalue weighted by atomic mass is 14.1. The van der Waals surface area contributed by atoms with Crippen LogP contribution >= 0.6 is 0 Å². The average molecular weight is 164 g/mol. The standard InChI is InChI=1S/C11H16.CH4/c1-11(2,3)9-10-7-5-4-6-8-10;/h4-8H,9H2,1-3H3;1H4. The third-order valence-corrected chi connectivity index (χ3v) is 1.58. The fraction of sp³-hybridized carbons (Fsp3) is 0.500. The van der Waals surface area contributed by atoms with Crippen molar-refractivity contribution in [3.63, 3.8) is 0 Å². The molecule has 0 aromatic heterocycles. The van der Waals surface area contributed by atoms with Gasteiger partial charge in [-0.2, -0.15) is 0 Å². The zero-order valence-corrected chi connectivity index (χ0v) is 7.59. The topological polar surface area (TPSA) is 0 Å². The number of benzene rings is 1. The Labute approximate surface area is 76.6 Å². The Morgan fingerprint density at radius 1 is 1.00 bits per heavy atom. The molecule has 1 aromatic carbocycles. The summed E-state index contributed by atoms with van der Waals surface area (Å²) in [7, 11) is 0. The molecular formula is C12H20. The van der Waals surface area contributed by atoms with Crippen molar-refractivity contribution in [2.75, 3.05) is 0 Å². The van der Waals surface area contributed by atoms with Gasteiger partial charge in [0.05, 0.1) is 0 Å². The quantitative estimate of drug-likeness (QED) is 0.590. The molecule has 0 N–H and O–H groups in total. The zero-order chi connectivity index (χ0) is 8.32. The Morgan fingerprint density at radius 3 is 1.92 bits per heavy atom. The number of hydrogen-bond acceptors (Lipinski definition) is 0. The largest absolute Gasteiger partial charge is 0.0776 e. The highest BCUT2D eigenvalue weighted by Gasteiger charge is 2.09. The Hall–Kier alpha value is -0.780. The van der Waals surface area contributed by atoms with Crippen LogP contribution in [0, 0.1) is 5.41 Å². The Bertz CT molecular complexity index is 203. The molecule has 0 saturated carbocycles. The van der Waals surface area contributed by atoms with E-state index in [0.29, 0.717) is 5.41 Å². The molecule has 1 aromatic rings. The van der Waals surface area contributed by atoms with Gasteiger partial charge in [0, 0.05) is 0 Å². The van der Waals surface area contributed by atoms with Crippen LogP contribution in [0.1, 0.15) is 33.8 Å². The summed E-state index contributed by atoms with van der Waals surface area (Å²) in [5, 5.41) is 0. The molecule has 0 heteroatoms. The van der Waals surface area contributed by atoms with Crippen molar-refractivity contribution in [2.45, 2.75) is 34.6 Å². The monoisotopic (exact) mass is 164 g/mol. The van der Waals surface area contributed by atoms with E-state index in [-0.39, 0.29) is 7.43 Å². The molecule has 1 rings (SSSR count). The summed E-state index contributed by atoms with van der Waals surface area (Å²) < 4.78 is 0. The van der Waals surface area contributed by atoms with Crippen LogP contribution < -0.4 is 0 Å². The highest BCUT2D eigenvalue weighted by molar-refractivity contribution is 5.15. The molecule has 68 valence electrons. The zero-order valence-electron chi connectivity index (χ0n) is 7.59. The molecule has 0 aliphatic carbocycles. The Balaban J connectivity index is 0.00000121. The maximum atomic E-state index is 2.26. The predicted molar refractivity (Wildman–Crippen MR) is 56.3 cm³/mol. The van der Waals surface area contributed by atoms with E-state index < -0.39 is 0 Å². The minimum atomic E-state index is 0. The molecule has 0 saturated heterocycles. The van der Waals surface area contributed by atoms with Crippen LogP contribution in [0.2, 0.25) is 0 Å². The summed E-state index contributed by atoms with van der Waals surface area (Å²) in [5.41, 5.74) is 1.83. The Morgan fingerprint density at radius 2 is 1.50 bits per heavy atom. The summed E-state index contributed by atoms with van der Waals surface area (Å²) >= 11 is 0. The van der Waals surface area contributed by atoms with E-state index in [1.807, 2.05) is 0 Å². The second kappa shape index (κ2) is 4.30. The van der Waals surface area contributed by atoms with Gasteiger partial charge >= 0.3 is 0 Å². The third-order valence-electron chi connectivity index (χ3n) is 1.58. The first-order valence-electron chi connectivity index (χ1n) is 4.12. The molecule has 0 amide bonds. The summed E-state index contributed by atoms with van der Waals surface area (Å²) in [6, 6.07) is 10.6. The van der Waals surface area contributed by atoms with Crippen molar-refractivity contribution in [1.29, 1.82) is 0 Å². The van der Waals surface area contributed by atoms with E-state index >= 15 is 0 Å². The molecule has 0 spiro atoms. The van der Waals surface area contributed by atoms with Gasteiger partial charge in [-0.05, 0) is 17.4 Å². The van der Waals surface area contributed by atoms with Gasteiger partial charge in [0.15, 0.2) is 0 Å². The minimum absolute atomic E-state index is 0. The summed E-state index contributed by atoms with van der Waals surface area (Å²) in [5.74, 6) is 0. The molecular weight excluding hydrogens is 144 g/mol. The van der Waals surface area contributed by atoms with Gasteiger partial charge in [0.1, 0.15) is 0 Å². The molecule has 0 nitrogen and oxygen atoms in total. The molecule has 0 aliphatic heterocycles. The predicted octanol–water partition coefficient (Wildman–Crippen LogP) is 3.91. The van der Waals surface area contributed by atoms with Gasteiger partial charge in [0.2, 0.25) is 0 Å². The molecule has 0 atom stereocenters. The van der Waals surface area contributed by atoms with Crippen molar-refractivity contribution in [2.24, 2.45) is 5.41 Å². The first kappa shape index (κ1) is 11.2. The SMILES string of the molecule is C.CC(C)(C)Cc1ccccc1. The second-order valence-corrected chi connectivity index (χ2v) is 4.22. The van der Waals surface area contributed by atoms with Crippen molar-refractivity contribution < 1.29 is 0 Å². The maximum Gasteiger partial charge on any atom is -0.0230 e. The van der Waals surface area contributed by atoms with Crippen LogP contribution in [0.25, 0.3) is 0 Å². The summed E-state index contributed by atoms with van der Waals surface area (Å²) in [6.07, 6.45) is 1.16. The average Bonchev–Trinajstić information content (AvgIpc) is 1.85. The minimum Gasteiger partial charge on any atom is -0.0776 e. The van der Waals surface area contributed by atoms with Crippen molar-refractivity contribution >= 4 is 0 Å². The fourth-order valence-electron chi connectivity index (χ4n) is 1.21. The van der Waals surface area contributed by atoms with E-state index in [0.717, 1.165) is 6.42 Å². The van der Waals surface area contributed by atoms with Crippen molar-refractivity contribution in [3.8, 4) is 0 Å². The molecule has 12 heavy (non-hydrogen) atoms. The first-order valence-corrected chi connectivity index (χ1v) is 4.12. The highest BCUT2D eigenvalue weighted by Crippen LogP contribution is 2.19. The Kier molecular flexibility index (Phi) is 4.02. The van der Waals surface area contributed by atoms with Gasteiger partial charge in [0.25, 0.3) is 0 Å². The lowest BCUT2D eigenvalue weighted by atomic mass is 9.88. The molecule has 0 aliphatic rings. The number of rotatable bonds is 1.